The Bertz CT molecular complexity index is 1050. The summed E-state index contributed by atoms with van der Waals surface area (Å²) in [5, 5.41) is 2.13. The van der Waals surface area contributed by atoms with Gasteiger partial charge in [0.05, 0.1) is 0 Å². The second-order valence-corrected chi connectivity index (χ2v) is 6.30. The molecule has 0 unspecified atom stereocenters. The molecule has 3 aromatic carbocycles. The molecule has 0 aliphatic carbocycles. The molecule has 0 amide bonds. The Hall–Kier alpha value is -3.14. The van der Waals surface area contributed by atoms with Crippen molar-refractivity contribution in [1.82, 2.24) is 4.98 Å². The van der Waals surface area contributed by atoms with Crippen LogP contribution in [-0.2, 0) is 16.0 Å². The van der Waals surface area contributed by atoms with Crippen molar-refractivity contribution in [2.75, 3.05) is 0 Å². The Morgan fingerprint density at radius 1 is 1.04 bits per heavy atom. The number of benzene rings is 3. The fraction of sp³-hybridized carbons (Fsp3) is 0.182. The van der Waals surface area contributed by atoms with Gasteiger partial charge in [-0.3, -0.25) is 4.79 Å². The summed E-state index contributed by atoms with van der Waals surface area (Å²) < 4.78 is 11.3. The molecule has 0 saturated heterocycles. The van der Waals surface area contributed by atoms with Gasteiger partial charge in [0.25, 0.3) is 0 Å². The maximum atomic E-state index is 12.1. The molecule has 4 rings (SSSR count). The molecular weight excluding hydrogens is 326 g/mol. The first kappa shape index (κ1) is 16.3. The van der Waals surface area contributed by atoms with E-state index in [1.54, 1.807) is 6.92 Å². The van der Waals surface area contributed by atoms with Gasteiger partial charge in [-0.15, -0.1) is 0 Å². The van der Waals surface area contributed by atoms with Crippen molar-refractivity contribution in [3.05, 3.63) is 78.2 Å². The molecule has 0 radical (unpaired) electrons. The van der Waals surface area contributed by atoms with Crippen LogP contribution < -0.4 is 0 Å². The lowest BCUT2D eigenvalue weighted by Crippen LogP contribution is -2.10. The lowest BCUT2D eigenvalue weighted by Gasteiger charge is -2.09. The highest BCUT2D eigenvalue weighted by atomic mass is 16.6. The summed E-state index contributed by atoms with van der Waals surface area (Å²) in [4.78, 5) is 16.7. The third-order valence-electron chi connectivity index (χ3n) is 4.42. The summed E-state index contributed by atoms with van der Waals surface area (Å²) in [6.07, 6.45) is 0.465. The predicted molar refractivity (Wildman–Crippen MR) is 101 cm³/mol. The number of rotatable bonds is 5. The zero-order valence-electron chi connectivity index (χ0n) is 14.5. The summed E-state index contributed by atoms with van der Waals surface area (Å²) in [5.41, 5.74) is 2.61. The number of carbonyl (C=O) groups is 1. The number of hydrogen-bond donors (Lipinski definition) is 0. The number of oxazole rings is 1. The number of aryl methyl sites for hydroxylation is 1. The van der Waals surface area contributed by atoms with E-state index in [9.17, 15) is 4.79 Å². The zero-order chi connectivity index (χ0) is 17.9. The van der Waals surface area contributed by atoms with Gasteiger partial charge in [0, 0.05) is 11.8 Å². The standard InChI is InChI=1S/C22H19NO3/c1-15(25-20(24)14-11-16-7-3-2-4-8-16)22-23-21-18-10-6-5-9-17(18)12-13-19(21)26-22/h2-10,12-13,15H,11,14H2,1H3/t15-/m1/s1. The van der Waals surface area contributed by atoms with Crippen LogP contribution in [0.5, 0.6) is 0 Å². The summed E-state index contributed by atoms with van der Waals surface area (Å²) in [5.74, 6) is 0.165. The summed E-state index contributed by atoms with van der Waals surface area (Å²) in [7, 11) is 0. The number of aromatic nitrogens is 1. The van der Waals surface area contributed by atoms with Crippen LogP contribution in [0.25, 0.3) is 21.9 Å². The first-order chi connectivity index (χ1) is 12.7. The van der Waals surface area contributed by atoms with E-state index >= 15 is 0 Å². The Kier molecular flexibility index (Phi) is 4.40. The average Bonchev–Trinajstić information content (AvgIpc) is 3.12. The molecule has 0 aliphatic heterocycles. The smallest absolute Gasteiger partial charge is 0.306 e. The number of nitrogens with zero attached hydrogens (tertiary/aromatic N) is 1. The molecule has 26 heavy (non-hydrogen) atoms. The van der Waals surface area contributed by atoms with Crippen LogP contribution in [0.4, 0.5) is 0 Å². The molecule has 1 aromatic heterocycles. The Morgan fingerprint density at radius 3 is 2.65 bits per heavy atom. The molecule has 0 spiro atoms. The molecule has 1 heterocycles. The highest BCUT2D eigenvalue weighted by Gasteiger charge is 2.18. The quantitative estimate of drug-likeness (QED) is 0.465. The average molecular weight is 345 g/mol. The summed E-state index contributed by atoms with van der Waals surface area (Å²) >= 11 is 0. The maximum absolute atomic E-state index is 12.1. The van der Waals surface area contributed by atoms with E-state index in [1.807, 2.05) is 66.7 Å². The van der Waals surface area contributed by atoms with Crippen LogP contribution in [0.1, 0.15) is 30.9 Å². The van der Waals surface area contributed by atoms with Crippen LogP contribution >= 0.6 is 0 Å². The third kappa shape index (κ3) is 3.31. The van der Waals surface area contributed by atoms with Gasteiger partial charge in [-0.05, 0) is 30.4 Å². The van der Waals surface area contributed by atoms with Crippen LogP contribution in [0.15, 0.2) is 71.1 Å². The van der Waals surface area contributed by atoms with Crippen LogP contribution in [0.2, 0.25) is 0 Å². The summed E-state index contributed by atoms with van der Waals surface area (Å²) in [6, 6.07) is 21.8. The second-order valence-electron chi connectivity index (χ2n) is 6.30. The molecule has 4 nitrogen and oxygen atoms in total. The van der Waals surface area contributed by atoms with Crippen LogP contribution in [-0.4, -0.2) is 11.0 Å². The number of esters is 1. The van der Waals surface area contributed by atoms with Crippen LogP contribution in [0, 0.1) is 0 Å². The largest absolute Gasteiger partial charge is 0.453 e. The number of ether oxygens (including phenoxy) is 1. The highest BCUT2D eigenvalue weighted by Crippen LogP contribution is 2.28. The van der Waals surface area contributed by atoms with Gasteiger partial charge >= 0.3 is 5.97 Å². The van der Waals surface area contributed by atoms with Gasteiger partial charge in [0.1, 0.15) is 5.52 Å². The van der Waals surface area contributed by atoms with Gasteiger partial charge in [-0.1, -0.05) is 60.7 Å². The molecule has 4 heteroatoms. The van der Waals surface area contributed by atoms with E-state index in [-0.39, 0.29) is 5.97 Å². The lowest BCUT2D eigenvalue weighted by atomic mass is 10.1. The number of carbonyl (C=O) groups excluding carboxylic acids is 1. The Labute approximate surface area is 151 Å². The monoisotopic (exact) mass is 345 g/mol. The fourth-order valence-corrected chi connectivity index (χ4v) is 3.05. The van der Waals surface area contributed by atoms with Crippen molar-refractivity contribution in [3.8, 4) is 0 Å². The lowest BCUT2D eigenvalue weighted by molar-refractivity contribution is -0.149. The van der Waals surface area contributed by atoms with Crippen molar-refractivity contribution in [3.63, 3.8) is 0 Å². The minimum Gasteiger partial charge on any atom is -0.453 e. The van der Waals surface area contributed by atoms with Gasteiger partial charge < -0.3 is 9.15 Å². The molecular formula is C22H19NO3. The van der Waals surface area contributed by atoms with Crippen molar-refractivity contribution in [2.24, 2.45) is 0 Å². The minimum atomic E-state index is -0.524. The highest BCUT2D eigenvalue weighted by molar-refractivity contribution is 6.03. The normalized spacial score (nSPS) is 12.3. The van der Waals surface area contributed by atoms with Crippen molar-refractivity contribution in [2.45, 2.75) is 25.9 Å². The number of hydrogen-bond acceptors (Lipinski definition) is 4. The molecule has 0 bridgehead atoms. The molecule has 0 saturated carbocycles. The second kappa shape index (κ2) is 7.00. The van der Waals surface area contributed by atoms with E-state index in [2.05, 4.69) is 4.98 Å². The molecule has 0 fully saturated rings. The third-order valence-corrected chi connectivity index (χ3v) is 4.42. The van der Waals surface area contributed by atoms with Crippen molar-refractivity contribution >= 4 is 27.8 Å². The first-order valence-electron chi connectivity index (χ1n) is 8.72. The molecule has 130 valence electrons. The molecule has 0 N–H and O–H groups in total. The SMILES string of the molecule is C[C@@H](OC(=O)CCc1ccccc1)c1nc2c(ccc3ccccc32)o1. The van der Waals surface area contributed by atoms with E-state index in [0.29, 0.717) is 24.3 Å². The van der Waals surface area contributed by atoms with Gasteiger partial charge in [-0.25, -0.2) is 4.98 Å². The number of fused-ring (bicyclic) bond motifs is 3. The summed E-state index contributed by atoms with van der Waals surface area (Å²) in [6.45, 7) is 1.79. The first-order valence-corrected chi connectivity index (χ1v) is 8.72. The molecule has 4 aromatic rings. The zero-order valence-corrected chi connectivity index (χ0v) is 14.5. The molecule has 1 atom stereocenters. The van der Waals surface area contributed by atoms with Gasteiger partial charge in [-0.2, -0.15) is 0 Å². The van der Waals surface area contributed by atoms with Gasteiger partial charge in [0.15, 0.2) is 11.7 Å². The Morgan fingerprint density at radius 2 is 1.81 bits per heavy atom. The topological polar surface area (TPSA) is 52.3 Å². The van der Waals surface area contributed by atoms with E-state index in [1.165, 1.54) is 0 Å². The fourth-order valence-electron chi connectivity index (χ4n) is 3.05. The maximum Gasteiger partial charge on any atom is 0.306 e. The minimum absolute atomic E-state index is 0.256. The van der Waals surface area contributed by atoms with Crippen molar-refractivity contribution in [1.29, 1.82) is 0 Å². The van der Waals surface area contributed by atoms with Crippen LogP contribution in [0.3, 0.4) is 0 Å². The Balaban J connectivity index is 1.48. The van der Waals surface area contributed by atoms with E-state index in [4.69, 9.17) is 9.15 Å². The predicted octanol–water partition coefficient (Wildman–Crippen LogP) is 5.22. The molecule has 0 aliphatic rings. The van der Waals surface area contributed by atoms with Gasteiger partial charge in [0.2, 0.25) is 5.89 Å². The van der Waals surface area contributed by atoms with Crippen molar-refractivity contribution < 1.29 is 13.9 Å². The van der Waals surface area contributed by atoms with E-state index < -0.39 is 6.10 Å². The van der Waals surface area contributed by atoms with E-state index in [0.717, 1.165) is 21.9 Å².